The van der Waals surface area contributed by atoms with E-state index in [2.05, 4.69) is 123 Å². The molecule has 17 rings (SSSR count). The molecule has 2 fully saturated rings. The quantitative estimate of drug-likeness (QED) is 0.0912. The minimum absolute atomic E-state index is 0.0514. The smallest absolute Gasteiger partial charge is 0.201 e. The maximum absolute atomic E-state index is 9.18. The zero-order valence-electron chi connectivity index (χ0n) is 96.6. The molecular weight excluding hydrogens is 1510 g/mol. The van der Waals surface area contributed by atoms with Gasteiger partial charge in [0, 0.05) is 115 Å². The largest absolute Gasteiger partial charge is 0.212 e. The first-order valence-corrected chi connectivity index (χ1v) is 43.9. The van der Waals surface area contributed by atoms with Gasteiger partial charge in [-0.15, -0.1) is 0 Å². The monoisotopic (exact) mass is 1670 g/mol. The lowest BCUT2D eigenvalue weighted by atomic mass is 9.82. The molecule has 0 aliphatic heterocycles. The van der Waals surface area contributed by atoms with E-state index in [1.807, 2.05) is 228 Å². The highest BCUT2D eigenvalue weighted by atomic mass is 14.9. The number of hydrogen-bond donors (Lipinski definition) is 0. The minimum Gasteiger partial charge on any atom is -0.201 e. The van der Waals surface area contributed by atoms with Gasteiger partial charge in [-0.1, -0.05) is 273 Å². The maximum Gasteiger partial charge on any atom is 0.212 e. The summed E-state index contributed by atoms with van der Waals surface area (Å²) >= 11 is 0. The van der Waals surface area contributed by atoms with Crippen molar-refractivity contribution in [2.45, 2.75) is 186 Å². The first-order chi connectivity index (χ1) is 68.4. The summed E-state index contributed by atoms with van der Waals surface area (Å²) in [5.74, 6) is -2.02. The van der Waals surface area contributed by atoms with Gasteiger partial charge in [0.05, 0.1) is 0 Å². The zero-order valence-corrected chi connectivity index (χ0v) is 75.6. The topological polar surface area (TPSA) is 19.4 Å². The van der Waals surface area contributed by atoms with Gasteiger partial charge in [-0.2, -0.15) is 0 Å². The highest BCUT2D eigenvalue weighted by molar-refractivity contribution is 5.79. The van der Waals surface area contributed by atoms with E-state index in [0.717, 1.165) is 172 Å². The second-order valence-corrected chi connectivity index (χ2v) is 34.9. The normalized spacial score (nSPS) is 16.5. The summed E-state index contributed by atoms with van der Waals surface area (Å²) in [7, 11) is 9.42. The van der Waals surface area contributed by atoms with Gasteiger partial charge in [0.25, 0.3) is 0 Å². The average molecular weight is 1670 g/mol. The van der Waals surface area contributed by atoms with E-state index in [4.69, 9.17) is 27.4 Å². The standard InChI is InChI=1S/C26H30N.C25H28N.C25H30N.C24H28N.C20H20N/c1-19-14-15-23(21-10-6-4-7-11-21)16-25(19)26-17-24(20(2)18-27(26)3)22-12-8-5-9-13-22;1-18-13-14-22(20-9-5-4-6-10-20)15-24(18)25-16-23(19(2)17-26(25)3)21-11-7-8-12-21;1-18-12-13-21(20-10-8-7-9-11-20)14-23(18)24-15-22(16-25(3,4)5)19(2)17-26(24)6;1-17(2)13-22-15-24(25(5)16-19(22)4)23-14-21(12-11-18(23)3)20-9-7-6-8-10-20;1-15-13-16(2)19(20-11-7-8-12-21(20)3)14-18(15)17-9-5-4-6-10-17/h4,6-7,10-11,14-18,22H,5,8-9,12-13H2,1-3H3;4-6,9-10,13-17,21H,7-8,11-12H2,1-3H3;7-15,17H,16H2,1-6H3;6-12,14-17H,13H2,1-5H3;4-14H,1-3H3/q5*+1/i2D3,22D;2D3,21D;2D3,16D2;4D3,13D2;1D3. The molecule has 636 valence electrons. The highest BCUT2D eigenvalue weighted by Crippen LogP contribution is 2.41. The number of rotatable bonds is 15. The average Bonchev–Trinajstić information content (AvgIpc) is 1.42. The number of aromatic nitrogens is 5. The number of nitrogens with zero attached hydrogens (tertiary/aromatic N) is 5. The van der Waals surface area contributed by atoms with Crippen LogP contribution in [0.3, 0.4) is 0 Å². The Labute approximate surface area is 780 Å². The van der Waals surface area contributed by atoms with E-state index in [-0.39, 0.29) is 28.2 Å². The third-order valence-corrected chi connectivity index (χ3v) is 23.7. The lowest BCUT2D eigenvalue weighted by Gasteiger charge is -2.23. The summed E-state index contributed by atoms with van der Waals surface area (Å²) < 4.78 is 183. The number of hydrogen-bond acceptors (Lipinski definition) is 0. The molecule has 2 aliphatic rings. The van der Waals surface area contributed by atoms with Crippen molar-refractivity contribution < 1.29 is 51.6 Å². The fourth-order valence-corrected chi connectivity index (χ4v) is 17.0. The molecule has 5 heterocycles. The van der Waals surface area contributed by atoms with Gasteiger partial charge in [0.15, 0.2) is 31.0 Å². The number of aryl methyl sites for hydroxylation is 15. The van der Waals surface area contributed by atoms with Crippen molar-refractivity contribution in [1.82, 2.24) is 0 Å². The fourth-order valence-electron chi connectivity index (χ4n) is 17.0. The Morgan fingerprint density at radius 3 is 0.968 bits per heavy atom. The Morgan fingerprint density at radius 1 is 0.296 bits per heavy atom. The van der Waals surface area contributed by atoms with E-state index in [9.17, 15) is 1.37 Å². The minimum atomic E-state index is -2.41. The Morgan fingerprint density at radius 2 is 0.616 bits per heavy atom. The molecule has 5 nitrogen and oxygen atoms in total. The molecule has 0 saturated heterocycles. The zero-order chi connectivity index (χ0) is 107. The predicted molar refractivity (Wildman–Crippen MR) is 529 cm³/mol. The van der Waals surface area contributed by atoms with E-state index < -0.39 is 64.2 Å². The third-order valence-electron chi connectivity index (χ3n) is 23.7. The first kappa shape index (κ1) is 66.5. The Kier molecular flexibility index (Phi) is 22.1. The van der Waals surface area contributed by atoms with Crippen LogP contribution in [0, 0.1) is 80.2 Å². The number of benzene rings is 10. The molecule has 15 aromatic rings. The van der Waals surface area contributed by atoms with Gasteiger partial charge in [-0.05, 0) is 278 Å². The molecule has 0 amide bonds. The summed E-state index contributed by atoms with van der Waals surface area (Å²) in [6.07, 6.45) is 12.9. The third kappa shape index (κ3) is 22.9. The fraction of sp³-hybridized carbons (Fsp3) is 0.292. The van der Waals surface area contributed by atoms with Gasteiger partial charge in [0.2, 0.25) is 28.5 Å². The van der Waals surface area contributed by atoms with Crippen LogP contribution in [0.5, 0.6) is 0 Å². The van der Waals surface area contributed by atoms with E-state index in [1.54, 1.807) is 86.7 Å². The van der Waals surface area contributed by atoms with Crippen LogP contribution in [0.2, 0.25) is 0 Å². The molecule has 0 unspecified atom stereocenters. The van der Waals surface area contributed by atoms with E-state index in [1.165, 1.54) is 0 Å². The molecule has 0 spiro atoms. The van der Waals surface area contributed by atoms with E-state index in [0.29, 0.717) is 53.5 Å². The molecule has 0 bridgehead atoms. The molecule has 0 N–H and O–H groups in total. The summed E-state index contributed by atoms with van der Waals surface area (Å²) in [5.41, 5.74) is 27.6. The van der Waals surface area contributed by atoms with E-state index >= 15 is 0 Å². The summed E-state index contributed by atoms with van der Waals surface area (Å²) in [6, 6.07) is 92.8. The van der Waals surface area contributed by atoms with Crippen LogP contribution >= 0.6 is 0 Å². The van der Waals surface area contributed by atoms with Crippen LogP contribution in [-0.4, -0.2) is 0 Å². The second-order valence-electron chi connectivity index (χ2n) is 34.9. The highest BCUT2D eigenvalue weighted by Gasteiger charge is 2.28. The predicted octanol–water partition coefficient (Wildman–Crippen LogP) is 28.8. The molecule has 125 heavy (non-hydrogen) atoms. The molecule has 0 radical (unpaired) electrons. The lowest BCUT2D eigenvalue weighted by molar-refractivity contribution is -0.661. The van der Waals surface area contributed by atoms with Crippen LogP contribution in [0.25, 0.3) is 112 Å². The van der Waals surface area contributed by atoms with Crippen LogP contribution < -0.4 is 22.8 Å². The van der Waals surface area contributed by atoms with Crippen molar-refractivity contribution in [3.8, 4) is 112 Å². The Bertz CT molecular complexity index is 6970. The van der Waals surface area contributed by atoms with Crippen molar-refractivity contribution >= 4 is 0 Å². The molecule has 5 heteroatoms. The van der Waals surface area contributed by atoms with Crippen molar-refractivity contribution in [3.63, 3.8) is 0 Å². The molecule has 5 aromatic heterocycles. The second kappa shape index (κ2) is 41.6. The van der Waals surface area contributed by atoms with Gasteiger partial charge in [-0.25, -0.2) is 22.8 Å². The van der Waals surface area contributed by atoms with Crippen molar-refractivity contribution in [2.24, 2.45) is 46.6 Å². The molecule has 10 aromatic carbocycles. The van der Waals surface area contributed by atoms with Crippen molar-refractivity contribution in [2.75, 3.05) is 0 Å². The van der Waals surface area contributed by atoms with Crippen LogP contribution in [0.1, 0.15) is 211 Å². The van der Waals surface area contributed by atoms with Crippen molar-refractivity contribution in [1.29, 1.82) is 0 Å². The van der Waals surface area contributed by atoms with Crippen molar-refractivity contribution in [3.05, 3.63) is 388 Å². The van der Waals surface area contributed by atoms with Gasteiger partial charge in [0.1, 0.15) is 35.2 Å². The summed E-state index contributed by atoms with van der Waals surface area (Å²) in [4.78, 5) is 0. The molecule has 2 saturated carbocycles. The molecule has 0 atom stereocenters. The van der Waals surface area contributed by atoms with Gasteiger partial charge < -0.3 is 0 Å². The van der Waals surface area contributed by atoms with Gasteiger partial charge in [-0.3, -0.25) is 0 Å². The summed E-state index contributed by atoms with van der Waals surface area (Å²) in [5, 5.41) is 0. The Hall–Kier alpha value is -12.1. The van der Waals surface area contributed by atoms with Crippen LogP contribution in [-0.2, 0) is 48.0 Å². The van der Waals surface area contributed by atoms with Crippen LogP contribution in [0.4, 0.5) is 0 Å². The Balaban J connectivity index is 0.000000153. The van der Waals surface area contributed by atoms with Gasteiger partial charge >= 0.3 is 0 Å². The summed E-state index contributed by atoms with van der Waals surface area (Å²) in [6.45, 7) is 7.67. The first-order valence-electron chi connectivity index (χ1n) is 54.4. The lowest BCUT2D eigenvalue weighted by Crippen LogP contribution is -2.32. The molecular formula is C120H136N5+5. The number of pyridine rings is 5. The molecule has 2 aliphatic carbocycles. The van der Waals surface area contributed by atoms with Crippen LogP contribution in [0.15, 0.2) is 310 Å². The SMILES string of the molecule is [2H]C([2H])([2H])c1c[n+](C)c(-c2cc(-c3ccccc3)ccc2C)cc1C([2H])([2H])C(C)(C)C.[2H]C([2H])([2H])c1c[n+](C)c(-c2cc(-c3ccccc3)ccc2C)cc1C([2H])([2H])C(C)C.[2H]C([2H])([2H])c1c[n+](C)c(-c2cc(-c3ccccc3)ccc2C)cc1C1([2H])CCCC1.[2H]C([2H])([2H])c1c[n+](C)c(-c2cc(-c3ccccc3)ccc2C)cc1C1([2H])CCCCC1.[2H]C([2H])([2H])c1cc(C)c(-c2cccc[n+]2C)cc1-c1ccccc1. The maximum atomic E-state index is 9.18.